The van der Waals surface area contributed by atoms with Crippen LogP contribution in [0.25, 0.3) is 0 Å². The number of nitrogens with zero attached hydrogens (tertiary/aromatic N) is 1. The van der Waals surface area contributed by atoms with E-state index in [1.165, 1.54) is 25.7 Å². The first-order chi connectivity index (χ1) is 8.72. The molecule has 0 bridgehead atoms. The molecule has 0 amide bonds. The Morgan fingerprint density at radius 1 is 1.28 bits per heavy atom. The van der Waals surface area contributed by atoms with Crippen LogP contribution in [-0.4, -0.2) is 17.6 Å². The third-order valence-corrected chi connectivity index (χ3v) is 2.70. The van der Waals surface area contributed by atoms with Crippen LogP contribution in [0.4, 0.5) is 0 Å². The molecule has 0 radical (unpaired) electrons. The topological polar surface area (TPSA) is 47.3 Å². The zero-order valence-corrected chi connectivity index (χ0v) is 11.9. The Labute approximate surface area is 110 Å². The van der Waals surface area contributed by atoms with Crippen LogP contribution in [0.1, 0.15) is 58.6 Å². The molecule has 0 aromatic carbocycles. The Bertz CT molecular complexity index is 310. The molecular formula is C14H26N2O2. The van der Waals surface area contributed by atoms with Crippen LogP contribution in [0, 0.1) is 0 Å². The van der Waals surface area contributed by atoms with Crippen LogP contribution in [-0.2, 0) is 6.54 Å². The normalized spacial score (nSPS) is 11.1. The Morgan fingerprint density at radius 2 is 2.06 bits per heavy atom. The first kappa shape index (κ1) is 15.0. The van der Waals surface area contributed by atoms with Crippen LogP contribution >= 0.6 is 0 Å². The molecule has 0 saturated heterocycles. The lowest BCUT2D eigenvalue weighted by molar-refractivity contribution is 0.224. The van der Waals surface area contributed by atoms with Gasteiger partial charge >= 0.3 is 6.08 Å². The first-order valence-electron chi connectivity index (χ1n) is 7.03. The monoisotopic (exact) mass is 254 g/mol. The number of hydrogen-bond acceptors (Lipinski definition) is 4. The molecule has 1 aromatic rings. The van der Waals surface area contributed by atoms with E-state index in [2.05, 4.69) is 31.1 Å². The van der Waals surface area contributed by atoms with Crippen LogP contribution in [0.2, 0.25) is 0 Å². The van der Waals surface area contributed by atoms with Gasteiger partial charge in [-0.3, -0.25) is 0 Å². The largest absolute Gasteiger partial charge is 0.450 e. The summed E-state index contributed by atoms with van der Waals surface area (Å²) < 4.78 is 10.7. The van der Waals surface area contributed by atoms with Gasteiger partial charge in [0.25, 0.3) is 0 Å². The van der Waals surface area contributed by atoms with Gasteiger partial charge in [-0.15, -0.1) is 0 Å². The van der Waals surface area contributed by atoms with Crippen molar-refractivity contribution in [2.24, 2.45) is 0 Å². The van der Waals surface area contributed by atoms with Gasteiger partial charge in [0.1, 0.15) is 6.26 Å². The van der Waals surface area contributed by atoms with Gasteiger partial charge < -0.3 is 14.5 Å². The predicted octanol–water partition coefficient (Wildman–Crippen LogP) is 3.52. The maximum absolute atomic E-state index is 5.47. The fraction of sp³-hybridized carbons (Fsp3) is 0.786. The molecule has 0 aliphatic heterocycles. The second kappa shape index (κ2) is 8.97. The molecule has 1 N–H and O–H groups in total. The van der Waals surface area contributed by atoms with Crippen LogP contribution in [0.3, 0.4) is 0 Å². The Morgan fingerprint density at radius 3 is 2.78 bits per heavy atom. The van der Waals surface area contributed by atoms with Crippen LogP contribution in [0.15, 0.2) is 10.7 Å². The molecule has 0 unspecified atom stereocenters. The number of rotatable bonds is 10. The van der Waals surface area contributed by atoms with Gasteiger partial charge in [0.2, 0.25) is 0 Å². The van der Waals surface area contributed by atoms with E-state index in [1.807, 2.05) is 0 Å². The first-order valence-corrected chi connectivity index (χ1v) is 7.03. The quantitative estimate of drug-likeness (QED) is 0.649. The van der Waals surface area contributed by atoms with E-state index in [0.717, 1.165) is 18.7 Å². The van der Waals surface area contributed by atoms with Crippen molar-refractivity contribution < 1.29 is 9.15 Å². The number of ether oxygens (including phenoxy) is 1. The molecule has 1 aromatic heterocycles. The number of oxazole rings is 1. The van der Waals surface area contributed by atoms with Gasteiger partial charge in [-0.25, -0.2) is 0 Å². The fourth-order valence-electron chi connectivity index (χ4n) is 1.61. The molecule has 0 fully saturated rings. The average molecular weight is 254 g/mol. The zero-order chi connectivity index (χ0) is 13.2. The molecule has 0 atom stereocenters. The van der Waals surface area contributed by atoms with Crippen molar-refractivity contribution in [3.05, 3.63) is 12.0 Å². The van der Waals surface area contributed by atoms with Gasteiger partial charge in [0.05, 0.1) is 12.3 Å². The van der Waals surface area contributed by atoms with Gasteiger partial charge in [-0.05, 0) is 6.42 Å². The third kappa shape index (κ3) is 6.64. The minimum absolute atomic E-state index is 0.394. The van der Waals surface area contributed by atoms with Crippen molar-refractivity contribution in [3.8, 4) is 6.08 Å². The Kier molecular flexibility index (Phi) is 7.49. The maximum Gasteiger partial charge on any atom is 0.393 e. The average Bonchev–Trinajstić information content (AvgIpc) is 2.79. The van der Waals surface area contributed by atoms with E-state index in [9.17, 15) is 0 Å². The number of hydrogen-bond donors (Lipinski definition) is 1. The molecule has 0 aliphatic carbocycles. The van der Waals surface area contributed by atoms with E-state index in [0.29, 0.717) is 18.7 Å². The fourth-order valence-corrected chi connectivity index (χ4v) is 1.61. The smallest absolute Gasteiger partial charge is 0.393 e. The lowest BCUT2D eigenvalue weighted by atomic mass is 10.2. The standard InChI is InChI=1S/C14H26N2O2/c1-4-5-6-7-8-9-17-14-16-13(11-18-14)10-15-12(2)3/h11-12,15H,4-10H2,1-3H3. The highest BCUT2D eigenvalue weighted by Crippen LogP contribution is 2.11. The summed E-state index contributed by atoms with van der Waals surface area (Å²) in [4.78, 5) is 4.26. The summed E-state index contributed by atoms with van der Waals surface area (Å²) in [5.41, 5.74) is 0.893. The SMILES string of the molecule is CCCCCCCOc1nc(CNC(C)C)co1. The third-order valence-electron chi connectivity index (χ3n) is 2.70. The summed E-state index contributed by atoms with van der Waals surface area (Å²) in [5, 5.41) is 3.29. The summed E-state index contributed by atoms with van der Waals surface area (Å²) in [5.74, 6) is 0. The highest BCUT2D eigenvalue weighted by molar-refractivity contribution is 4.99. The van der Waals surface area contributed by atoms with Crippen LogP contribution in [0.5, 0.6) is 6.08 Å². The van der Waals surface area contributed by atoms with Crippen molar-refractivity contribution in [3.63, 3.8) is 0 Å². The molecule has 4 heteroatoms. The van der Waals surface area contributed by atoms with E-state index < -0.39 is 0 Å². The molecule has 4 nitrogen and oxygen atoms in total. The summed E-state index contributed by atoms with van der Waals surface area (Å²) in [6.07, 6.45) is 8.21. The van der Waals surface area contributed by atoms with Crippen molar-refractivity contribution in [2.75, 3.05) is 6.61 Å². The summed E-state index contributed by atoms with van der Waals surface area (Å²) in [6, 6.07) is 0.449. The molecule has 1 heterocycles. The van der Waals surface area contributed by atoms with Gasteiger partial charge in [-0.2, -0.15) is 4.98 Å². The Balaban J connectivity index is 2.11. The van der Waals surface area contributed by atoms with Crippen molar-refractivity contribution >= 4 is 0 Å². The Hall–Kier alpha value is -1.03. The van der Waals surface area contributed by atoms with E-state index >= 15 is 0 Å². The minimum atomic E-state index is 0.394. The molecule has 18 heavy (non-hydrogen) atoms. The summed E-state index contributed by atoms with van der Waals surface area (Å²) >= 11 is 0. The molecule has 104 valence electrons. The minimum Gasteiger partial charge on any atom is -0.450 e. The lowest BCUT2D eigenvalue weighted by Crippen LogP contribution is -2.21. The molecule has 1 rings (SSSR count). The highest BCUT2D eigenvalue weighted by atomic mass is 16.6. The maximum atomic E-state index is 5.47. The number of unbranched alkanes of at least 4 members (excludes halogenated alkanes) is 4. The molecule has 0 aliphatic rings. The second-order valence-corrected chi connectivity index (χ2v) is 4.90. The summed E-state index contributed by atoms with van der Waals surface area (Å²) in [7, 11) is 0. The zero-order valence-electron chi connectivity index (χ0n) is 11.9. The van der Waals surface area contributed by atoms with Gasteiger partial charge in [0, 0.05) is 12.6 Å². The van der Waals surface area contributed by atoms with Crippen molar-refractivity contribution in [1.29, 1.82) is 0 Å². The second-order valence-electron chi connectivity index (χ2n) is 4.90. The highest BCUT2D eigenvalue weighted by Gasteiger charge is 2.05. The molecular weight excluding hydrogens is 228 g/mol. The van der Waals surface area contributed by atoms with Gasteiger partial charge in [-0.1, -0.05) is 46.5 Å². The van der Waals surface area contributed by atoms with E-state index in [4.69, 9.17) is 9.15 Å². The van der Waals surface area contributed by atoms with E-state index in [1.54, 1.807) is 6.26 Å². The molecule has 0 spiro atoms. The predicted molar refractivity (Wildman–Crippen MR) is 72.7 cm³/mol. The summed E-state index contributed by atoms with van der Waals surface area (Å²) in [6.45, 7) is 7.85. The van der Waals surface area contributed by atoms with Crippen molar-refractivity contribution in [2.45, 2.75) is 65.5 Å². The number of nitrogens with one attached hydrogen (secondary N) is 1. The lowest BCUT2D eigenvalue weighted by Gasteiger charge is -2.04. The number of aromatic nitrogens is 1. The van der Waals surface area contributed by atoms with Gasteiger partial charge in [0.15, 0.2) is 0 Å². The molecule has 0 saturated carbocycles. The van der Waals surface area contributed by atoms with Crippen molar-refractivity contribution in [1.82, 2.24) is 10.3 Å². The van der Waals surface area contributed by atoms with Crippen LogP contribution < -0.4 is 10.1 Å². The van der Waals surface area contributed by atoms with E-state index in [-0.39, 0.29) is 0 Å².